The minimum atomic E-state index is 0.00653. The standard InChI is InChI=1S/C5H10O4/c1-2-3-7-5-9-8-4-6/h4H,2-3,5H2,1H3. The Kier molecular flexibility index (Phi) is 6.89. The van der Waals surface area contributed by atoms with E-state index in [0.717, 1.165) is 6.42 Å². The third kappa shape index (κ3) is 7.39. The first kappa shape index (κ1) is 8.39. The normalized spacial score (nSPS) is 9.00. The zero-order chi connectivity index (χ0) is 6.95. The Morgan fingerprint density at radius 2 is 2.33 bits per heavy atom. The molecule has 0 unspecified atom stereocenters. The van der Waals surface area contributed by atoms with Crippen molar-refractivity contribution >= 4 is 6.47 Å². The van der Waals surface area contributed by atoms with Gasteiger partial charge in [0.1, 0.15) is 0 Å². The van der Waals surface area contributed by atoms with Gasteiger partial charge in [-0.2, -0.15) is 4.89 Å². The molecule has 0 amide bonds. The maximum absolute atomic E-state index is 9.43. The first-order chi connectivity index (χ1) is 4.41. The van der Waals surface area contributed by atoms with Crippen molar-refractivity contribution in [3.8, 4) is 0 Å². The summed E-state index contributed by atoms with van der Waals surface area (Å²) in [5, 5.41) is 0. The van der Waals surface area contributed by atoms with E-state index in [1.165, 1.54) is 0 Å². The highest BCUT2D eigenvalue weighted by Crippen LogP contribution is 1.80. The molecule has 0 aromatic heterocycles. The molecule has 9 heavy (non-hydrogen) atoms. The highest BCUT2D eigenvalue weighted by molar-refractivity contribution is 5.35. The molecule has 0 aliphatic rings. The van der Waals surface area contributed by atoms with Crippen molar-refractivity contribution in [1.82, 2.24) is 0 Å². The van der Waals surface area contributed by atoms with Gasteiger partial charge < -0.3 is 4.74 Å². The van der Waals surface area contributed by atoms with E-state index in [4.69, 9.17) is 4.74 Å². The van der Waals surface area contributed by atoms with Crippen molar-refractivity contribution in [2.45, 2.75) is 13.3 Å². The van der Waals surface area contributed by atoms with Crippen molar-refractivity contribution in [2.24, 2.45) is 0 Å². The molecule has 0 rings (SSSR count). The van der Waals surface area contributed by atoms with E-state index in [-0.39, 0.29) is 13.3 Å². The SMILES string of the molecule is CCCOCOOC=O. The average molecular weight is 134 g/mol. The maximum Gasteiger partial charge on any atom is 0.330 e. The van der Waals surface area contributed by atoms with Gasteiger partial charge in [0.05, 0.1) is 0 Å². The largest absolute Gasteiger partial charge is 0.351 e. The van der Waals surface area contributed by atoms with Crippen LogP contribution in [-0.4, -0.2) is 19.9 Å². The van der Waals surface area contributed by atoms with Gasteiger partial charge in [-0.3, -0.25) is 9.68 Å². The topological polar surface area (TPSA) is 44.8 Å². The van der Waals surface area contributed by atoms with Crippen molar-refractivity contribution in [1.29, 1.82) is 0 Å². The highest BCUT2D eigenvalue weighted by atomic mass is 17.2. The third-order valence-corrected chi connectivity index (χ3v) is 0.587. The van der Waals surface area contributed by atoms with Crippen molar-refractivity contribution in [3.05, 3.63) is 0 Å². The smallest absolute Gasteiger partial charge is 0.330 e. The Morgan fingerprint density at radius 3 is 2.89 bits per heavy atom. The molecule has 4 heteroatoms. The van der Waals surface area contributed by atoms with E-state index in [9.17, 15) is 4.79 Å². The lowest BCUT2D eigenvalue weighted by molar-refractivity contribution is -0.300. The highest BCUT2D eigenvalue weighted by Gasteiger charge is 1.83. The molecule has 0 aliphatic carbocycles. The van der Waals surface area contributed by atoms with Gasteiger partial charge in [0, 0.05) is 6.61 Å². The summed E-state index contributed by atoms with van der Waals surface area (Å²) < 4.78 is 4.78. The summed E-state index contributed by atoms with van der Waals surface area (Å²) in [7, 11) is 0. The lowest BCUT2D eigenvalue weighted by Crippen LogP contribution is -2.00. The molecule has 0 heterocycles. The number of ether oxygens (including phenoxy) is 1. The van der Waals surface area contributed by atoms with E-state index in [2.05, 4.69) is 9.78 Å². The molecular weight excluding hydrogens is 124 g/mol. The zero-order valence-electron chi connectivity index (χ0n) is 5.33. The van der Waals surface area contributed by atoms with Gasteiger partial charge in [-0.25, -0.2) is 0 Å². The second-order valence-electron chi connectivity index (χ2n) is 1.34. The molecule has 0 saturated heterocycles. The van der Waals surface area contributed by atoms with E-state index >= 15 is 0 Å². The summed E-state index contributed by atoms with van der Waals surface area (Å²) in [6.45, 7) is 2.80. The predicted molar refractivity (Wildman–Crippen MR) is 29.3 cm³/mol. The number of carbonyl (C=O) groups is 1. The summed E-state index contributed by atoms with van der Waals surface area (Å²) in [5.41, 5.74) is 0. The Hall–Kier alpha value is -0.610. The van der Waals surface area contributed by atoms with E-state index in [0.29, 0.717) is 6.61 Å². The fourth-order valence-electron chi connectivity index (χ4n) is 0.293. The molecular formula is C5H10O4. The van der Waals surface area contributed by atoms with Crippen LogP contribution in [0.25, 0.3) is 0 Å². The van der Waals surface area contributed by atoms with Gasteiger partial charge in [0.2, 0.25) is 0 Å². The first-order valence-electron chi connectivity index (χ1n) is 2.71. The second-order valence-corrected chi connectivity index (χ2v) is 1.34. The molecule has 0 bridgehead atoms. The van der Waals surface area contributed by atoms with Crippen LogP contribution in [0.3, 0.4) is 0 Å². The maximum atomic E-state index is 9.43. The van der Waals surface area contributed by atoms with Crippen LogP contribution in [0.4, 0.5) is 0 Å². The molecule has 0 fully saturated rings. The monoisotopic (exact) mass is 134 g/mol. The molecule has 4 nitrogen and oxygen atoms in total. The molecule has 0 N–H and O–H groups in total. The van der Waals surface area contributed by atoms with Crippen LogP contribution >= 0.6 is 0 Å². The number of rotatable bonds is 6. The lowest BCUT2D eigenvalue weighted by Gasteiger charge is -1.98. The summed E-state index contributed by atoms with van der Waals surface area (Å²) in [4.78, 5) is 17.5. The van der Waals surface area contributed by atoms with Crippen molar-refractivity contribution in [2.75, 3.05) is 13.4 Å². The van der Waals surface area contributed by atoms with Crippen LogP contribution in [0.2, 0.25) is 0 Å². The van der Waals surface area contributed by atoms with Crippen molar-refractivity contribution < 1.29 is 19.3 Å². The van der Waals surface area contributed by atoms with Gasteiger partial charge in [0.25, 0.3) is 0 Å². The Balaban J connectivity index is 2.66. The van der Waals surface area contributed by atoms with E-state index in [1.807, 2.05) is 6.92 Å². The van der Waals surface area contributed by atoms with Crippen LogP contribution in [0.5, 0.6) is 0 Å². The molecule has 0 aromatic carbocycles. The van der Waals surface area contributed by atoms with E-state index < -0.39 is 0 Å². The molecule has 0 saturated carbocycles. The fraction of sp³-hybridized carbons (Fsp3) is 0.800. The third-order valence-electron chi connectivity index (χ3n) is 0.587. The summed E-state index contributed by atoms with van der Waals surface area (Å²) in [6, 6.07) is 0. The van der Waals surface area contributed by atoms with Crippen LogP contribution in [0.1, 0.15) is 13.3 Å². The quantitative estimate of drug-likeness (QED) is 0.174. The van der Waals surface area contributed by atoms with Gasteiger partial charge in [-0.15, -0.1) is 0 Å². The zero-order valence-corrected chi connectivity index (χ0v) is 5.33. The lowest BCUT2D eigenvalue weighted by atomic mass is 10.5. The van der Waals surface area contributed by atoms with E-state index in [1.54, 1.807) is 0 Å². The fourth-order valence-corrected chi connectivity index (χ4v) is 0.293. The first-order valence-corrected chi connectivity index (χ1v) is 2.71. The Morgan fingerprint density at radius 1 is 1.56 bits per heavy atom. The van der Waals surface area contributed by atoms with Gasteiger partial charge in [-0.1, -0.05) is 6.92 Å². The van der Waals surface area contributed by atoms with Crippen LogP contribution in [-0.2, 0) is 19.3 Å². The van der Waals surface area contributed by atoms with Crippen molar-refractivity contribution in [3.63, 3.8) is 0 Å². The molecule has 0 radical (unpaired) electrons. The average Bonchev–Trinajstić information content (AvgIpc) is 1.89. The summed E-state index contributed by atoms with van der Waals surface area (Å²) in [6.07, 6.45) is 0.921. The Labute approximate surface area is 53.6 Å². The Bertz CT molecular complexity index is 64.0. The van der Waals surface area contributed by atoms with Crippen LogP contribution in [0, 0.1) is 0 Å². The summed E-state index contributed by atoms with van der Waals surface area (Å²) in [5.74, 6) is 0. The van der Waals surface area contributed by atoms with Gasteiger partial charge in [0.15, 0.2) is 6.79 Å². The molecule has 0 atom stereocenters. The minimum absolute atomic E-state index is 0.00653. The minimum Gasteiger partial charge on any atom is -0.351 e. The molecule has 0 aliphatic heterocycles. The number of carbonyl (C=O) groups excluding carboxylic acids is 1. The van der Waals surface area contributed by atoms with Gasteiger partial charge >= 0.3 is 6.47 Å². The predicted octanol–water partition coefficient (Wildman–Crippen LogP) is 0.475. The molecule has 0 aromatic rings. The second kappa shape index (κ2) is 7.39. The molecule has 54 valence electrons. The number of hydrogen-bond acceptors (Lipinski definition) is 4. The molecule has 0 spiro atoms. The van der Waals surface area contributed by atoms with Crippen LogP contribution < -0.4 is 0 Å². The van der Waals surface area contributed by atoms with Crippen LogP contribution in [0.15, 0.2) is 0 Å². The summed E-state index contributed by atoms with van der Waals surface area (Å²) >= 11 is 0. The van der Waals surface area contributed by atoms with Gasteiger partial charge in [-0.05, 0) is 6.42 Å². The number of hydrogen-bond donors (Lipinski definition) is 0.